The maximum Gasteiger partial charge on any atom is 0.254 e. The van der Waals surface area contributed by atoms with Gasteiger partial charge in [-0.2, -0.15) is 4.98 Å². The topological polar surface area (TPSA) is 81.2 Å². The number of aromatic amines is 1. The standard InChI is InChI=1S/C9H14N4O2/c14-8-5-9(15)12-7(11-8)6-13-3-1-10-2-4-13/h5,10H,1-4,6H2,(H2,11,12,14,15). The van der Waals surface area contributed by atoms with Crippen molar-refractivity contribution in [2.24, 2.45) is 0 Å². The summed E-state index contributed by atoms with van der Waals surface area (Å²) in [5.41, 5.74) is -0.312. The monoisotopic (exact) mass is 210 g/mol. The average Bonchev–Trinajstić information content (AvgIpc) is 2.17. The van der Waals surface area contributed by atoms with Crippen LogP contribution in [0.2, 0.25) is 0 Å². The fourth-order valence-electron chi connectivity index (χ4n) is 1.65. The number of aromatic hydroxyl groups is 1. The van der Waals surface area contributed by atoms with E-state index < -0.39 is 0 Å². The van der Waals surface area contributed by atoms with Gasteiger partial charge in [0.25, 0.3) is 5.56 Å². The molecule has 2 rings (SSSR count). The fourth-order valence-corrected chi connectivity index (χ4v) is 1.65. The van der Waals surface area contributed by atoms with Crippen molar-refractivity contribution in [1.29, 1.82) is 0 Å². The summed E-state index contributed by atoms with van der Waals surface area (Å²) in [6.07, 6.45) is 0. The maximum absolute atomic E-state index is 11.1. The van der Waals surface area contributed by atoms with Crippen LogP contribution in [0.5, 0.6) is 5.88 Å². The molecule has 15 heavy (non-hydrogen) atoms. The number of nitrogens with one attached hydrogen (secondary N) is 2. The third kappa shape index (κ3) is 2.77. The molecule has 3 N–H and O–H groups in total. The number of hydrogen-bond acceptors (Lipinski definition) is 5. The van der Waals surface area contributed by atoms with E-state index in [0.717, 1.165) is 32.2 Å². The van der Waals surface area contributed by atoms with Gasteiger partial charge in [0, 0.05) is 26.2 Å². The first-order valence-electron chi connectivity index (χ1n) is 4.96. The van der Waals surface area contributed by atoms with E-state index in [0.29, 0.717) is 12.4 Å². The van der Waals surface area contributed by atoms with Gasteiger partial charge in [0.1, 0.15) is 5.82 Å². The normalized spacial score (nSPS) is 17.9. The zero-order valence-corrected chi connectivity index (χ0v) is 8.36. The van der Waals surface area contributed by atoms with Crippen LogP contribution in [0.15, 0.2) is 10.9 Å². The summed E-state index contributed by atoms with van der Waals surface area (Å²) < 4.78 is 0. The van der Waals surface area contributed by atoms with Crippen LogP contribution >= 0.6 is 0 Å². The lowest BCUT2D eigenvalue weighted by atomic mass is 10.3. The number of rotatable bonds is 2. The summed E-state index contributed by atoms with van der Waals surface area (Å²) >= 11 is 0. The summed E-state index contributed by atoms with van der Waals surface area (Å²) in [5.74, 6) is 0.297. The van der Waals surface area contributed by atoms with Crippen LogP contribution in [0.1, 0.15) is 5.82 Å². The molecule has 0 amide bonds. The molecule has 6 heteroatoms. The van der Waals surface area contributed by atoms with Crippen LogP contribution in [0.25, 0.3) is 0 Å². The molecule has 0 atom stereocenters. The smallest absolute Gasteiger partial charge is 0.254 e. The Morgan fingerprint density at radius 1 is 1.47 bits per heavy atom. The van der Waals surface area contributed by atoms with E-state index >= 15 is 0 Å². The van der Waals surface area contributed by atoms with Crippen molar-refractivity contribution < 1.29 is 5.11 Å². The van der Waals surface area contributed by atoms with E-state index in [9.17, 15) is 4.79 Å². The van der Waals surface area contributed by atoms with E-state index in [-0.39, 0.29) is 11.4 Å². The van der Waals surface area contributed by atoms with Gasteiger partial charge in [-0.15, -0.1) is 0 Å². The molecular formula is C9H14N4O2. The maximum atomic E-state index is 11.1. The van der Waals surface area contributed by atoms with Crippen molar-refractivity contribution in [2.45, 2.75) is 6.54 Å². The highest BCUT2D eigenvalue weighted by Crippen LogP contribution is 2.02. The first-order chi connectivity index (χ1) is 7.24. The second kappa shape index (κ2) is 4.41. The molecule has 1 aliphatic rings. The lowest BCUT2D eigenvalue weighted by Gasteiger charge is -2.26. The van der Waals surface area contributed by atoms with Crippen LogP contribution < -0.4 is 10.9 Å². The minimum Gasteiger partial charge on any atom is -0.493 e. The number of aromatic nitrogens is 2. The summed E-state index contributed by atoms with van der Waals surface area (Å²) in [7, 11) is 0. The van der Waals surface area contributed by atoms with E-state index in [2.05, 4.69) is 20.2 Å². The minimum atomic E-state index is -0.312. The molecule has 2 heterocycles. The predicted octanol–water partition coefficient (Wildman–Crippen LogP) is -1.12. The average molecular weight is 210 g/mol. The van der Waals surface area contributed by atoms with Crippen LogP contribution in [0, 0.1) is 0 Å². The highest BCUT2D eigenvalue weighted by atomic mass is 16.3. The van der Waals surface area contributed by atoms with Gasteiger partial charge in [-0.05, 0) is 0 Å². The number of piperazine rings is 1. The summed E-state index contributed by atoms with van der Waals surface area (Å²) in [4.78, 5) is 19.7. The summed E-state index contributed by atoms with van der Waals surface area (Å²) in [5, 5.41) is 12.4. The second-order valence-electron chi connectivity index (χ2n) is 3.58. The number of H-pyrrole nitrogens is 1. The summed E-state index contributed by atoms with van der Waals surface area (Å²) in [6.45, 7) is 4.33. The molecule has 1 aromatic heterocycles. The van der Waals surface area contributed by atoms with Gasteiger partial charge in [0.05, 0.1) is 12.6 Å². The Morgan fingerprint density at radius 3 is 2.87 bits per heavy atom. The Labute approximate surface area is 87.0 Å². The molecule has 0 radical (unpaired) electrons. The Hall–Kier alpha value is -1.40. The highest BCUT2D eigenvalue weighted by Gasteiger charge is 2.11. The molecule has 1 fully saturated rings. The van der Waals surface area contributed by atoms with Crippen molar-refractivity contribution in [2.75, 3.05) is 26.2 Å². The van der Waals surface area contributed by atoms with E-state index in [1.165, 1.54) is 0 Å². The van der Waals surface area contributed by atoms with Gasteiger partial charge in [-0.25, -0.2) is 0 Å². The first kappa shape index (κ1) is 10.1. The Balaban J connectivity index is 2.06. The van der Waals surface area contributed by atoms with E-state index in [1.54, 1.807) is 0 Å². The van der Waals surface area contributed by atoms with Crippen molar-refractivity contribution in [3.63, 3.8) is 0 Å². The molecule has 1 aromatic rings. The Bertz CT molecular complexity index is 384. The molecule has 0 unspecified atom stereocenters. The van der Waals surface area contributed by atoms with Crippen LogP contribution in [0.4, 0.5) is 0 Å². The van der Waals surface area contributed by atoms with Crippen molar-refractivity contribution in [3.8, 4) is 5.88 Å². The third-order valence-corrected chi connectivity index (χ3v) is 2.36. The largest absolute Gasteiger partial charge is 0.493 e. The van der Waals surface area contributed by atoms with Crippen molar-refractivity contribution in [3.05, 3.63) is 22.2 Å². The zero-order valence-electron chi connectivity index (χ0n) is 8.36. The number of hydrogen-bond donors (Lipinski definition) is 3. The molecule has 6 nitrogen and oxygen atoms in total. The van der Waals surface area contributed by atoms with Crippen LogP contribution in [0.3, 0.4) is 0 Å². The van der Waals surface area contributed by atoms with Gasteiger partial charge >= 0.3 is 0 Å². The second-order valence-corrected chi connectivity index (χ2v) is 3.58. The van der Waals surface area contributed by atoms with Gasteiger partial charge in [-0.3, -0.25) is 9.69 Å². The molecule has 0 aliphatic carbocycles. The SMILES string of the molecule is O=c1cc(O)nc(CN2CCNCC2)[nH]1. The van der Waals surface area contributed by atoms with Gasteiger partial charge < -0.3 is 15.4 Å². The van der Waals surface area contributed by atoms with Gasteiger partial charge in [0.2, 0.25) is 5.88 Å². The Kier molecular flexibility index (Phi) is 2.98. The zero-order chi connectivity index (χ0) is 10.7. The molecular weight excluding hydrogens is 196 g/mol. The minimum absolute atomic E-state index is 0.219. The van der Waals surface area contributed by atoms with E-state index in [4.69, 9.17) is 5.11 Å². The van der Waals surface area contributed by atoms with Crippen LogP contribution in [-0.2, 0) is 6.54 Å². The van der Waals surface area contributed by atoms with Gasteiger partial charge in [0.15, 0.2) is 0 Å². The molecule has 0 spiro atoms. The highest BCUT2D eigenvalue weighted by molar-refractivity contribution is 5.06. The molecule has 0 saturated carbocycles. The van der Waals surface area contributed by atoms with Gasteiger partial charge in [-0.1, -0.05) is 0 Å². The van der Waals surface area contributed by atoms with Crippen molar-refractivity contribution >= 4 is 0 Å². The fraction of sp³-hybridized carbons (Fsp3) is 0.556. The third-order valence-electron chi connectivity index (χ3n) is 2.36. The Morgan fingerprint density at radius 2 is 2.20 bits per heavy atom. The molecule has 1 aliphatic heterocycles. The molecule has 0 bridgehead atoms. The quantitative estimate of drug-likeness (QED) is 0.576. The van der Waals surface area contributed by atoms with Crippen LogP contribution in [-0.4, -0.2) is 46.2 Å². The molecule has 0 aromatic carbocycles. The molecule has 1 saturated heterocycles. The lowest BCUT2D eigenvalue weighted by Crippen LogP contribution is -2.43. The summed E-state index contributed by atoms with van der Waals surface area (Å²) in [6, 6.07) is 1.07. The predicted molar refractivity (Wildman–Crippen MR) is 54.7 cm³/mol. The number of nitrogens with zero attached hydrogens (tertiary/aromatic N) is 2. The lowest BCUT2D eigenvalue weighted by molar-refractivity contribution is 0.227. The molecule has 82 valence electrons. The van der Waals surface area contributed by atoms with E-state index in [1.807, 2.05) is 0 Å². The van der Waals surface area contributed by atoms with Crippen molar-refractivity contribution in [1.82, 2.24) is 20.2 Å². The first-order valence-corrected chi connectivity index (χ1v) is 4.96.